The molecule has 0 aromatic carbocycles. The van der Waals surface area contributed by atoms with Gasteiger partial charge in [0.25, 0.3) is 11.9 Å². The zero-order valence-electron chi connectivity index (χ0n) is 19.8. The van der Waals surface area contributed by atoms with Crippen LogP contribution in [0.2, 0.25) is 5.28 Å². The summed E-state index contributed by atoms with van der Waals surface area (Å²) in [5, 5.41) is 26.3. The van der Waals surface area contributed by atoms with Gasteiger partial charge >= 0.3 is 0 Å². The van der Waals surface area contributed by atoms with Gasteiger partial charge in [-0.2, -0.15) is 15.0 Å². The van der Waals surface area contributed by atoms with Crippen LogP contribution < -0.4 is 15.5 Å². The second-order valence-corrected chi connectivity index (χ2v) is 8.87. The second-order valence-electron chi connectivity index (χ2n) is 8.54. The molecule has 36 heavy (non-hydrogen) atoms. The number of nitrogens with zero attached hydrogens (tertiary/aromatic N) is 7. The summed E-state index contributed by atoms with van der Waals surface area (Å²) in [6.45, 7) is 2.18. The minimum atomic E-state index is -1.43. The molecule has 0 aliphatic carbocycles. The molecule has 15 heteroatoms. The van der Waals surface area contributed by atoms with Gasteiger partial charge in [-0.15, -0.1) is 0 Å². The van der Waals surface area contributed by atoms with Gasteiger partial charge in [-0.1, -0.05) is 0 Å². The van der Waals surface area contributed by atoms with Crippen molar-refractivity contribution in [3.63, 3.8) is 0 Å². The molecule has 190 valence electrons. The number of oxazole rings is 1. The number of amides is 1. The van der Waals surface area contributed by atoms with Crippen molar-refractivity contribution >= 4 is 51.7 Å². The van der Waals surface area contributed by atoms with Crippen molar-refractivity contribution in [3.05, 3.63) is 28.9 Å². The number of pyridine rings is 1. The highest BCUT2D eigenvalue weighted by Crippen LogP contribution is 2.33. The zero-order chi connectivity index (χ0) is 25.7. The first-order chi connectivity index (χ1) is 17.2. The highest BCUT2D eigenvalue weighted by Gasteiger charge is 2.47. The van der Waals surface area contributed by atoms with Gasteiger partial charge in [0.15, 0.2) is 34.9 Å². The van der Waals surface area contributed by atoms with Gasteiger partial charge in [0.1, 0.15) is 12.2 Å². The Morgan fingerprint density at radius 1 is 1.22 bits per heavy atom. The summed E-state index contributed by atoms with van der Waals surface area (Å²) in [7, 11) is 5.08. The predicted molar refractivity (Wildman–Crippen MR) is 129 cm³/mol. The molecule has 1 aliphatic heterocycles. The summed E-state index contributed by atoms with van der Waals surface area (Å²) in [6, 6.07) is 2.34. The standard InChI is InChI=1S/C21H24ClN9O5/c1-8-5-9(26-16-13(8)36-21(28-16)30(3)4)6-24-15-10-17(29-20(22)27-15)31(7-25-10)19-12(33)11(32)14(35-19)18(34)23-2/h5,7,11-12,14,19,32-33H,6H2,1-4H3,(H,23,34)(H,24,27,29)/t11-,12+,14-,19+/m0/s1. The number of fused-ring (bicyclic) bond motifs is 2. The average molecular weight is 518 g/mol. The maximum atomic E-state index is 12.0. The highest BCUT2D eigenvalue weighted by atomic mass is 35.5. The molecular formula is C21H24ClN9O5. The number of anilines is 2. The zero-order valence-corrected chi connectivity index (χ0v) is 20.6. The number of imidazole rings is 1. The molecule has 0 unspecified atom stereocenters. The minimum Gasteiger partial charge on any atom is -0.421 e. The fourth-order valence-corrected chi connectivity index (χ4v) is 4.19. The molecule has 1 fully saturated rings. The van der Waals surface area contributed by atoms with Crippen LogP contribution in [0.3, 0.4) is 0 Å². The van der Waals surface area contributed by atoms with Crippen LogP contribution in [-0.4, -0.2) is 85.1 Å². The van der Waals surface area contributed by atoms with E-state index in [0.717, 1.165) is 5.56 Å². The van der Waals surface area contributed by atoms with E-state index >= 15 is 0 Å². The molecule has 4 atom stereocenters. The molecule has 1 amide bonds. The van der Waals surface area contributed by atoms with Crippen LogP contribution in [0.4, 0.5) is 11.8 Å². The molecule has 0 saturated carbocycles. The number of halogens is 1. The molecule has 0 radical (unpaired) electrons. The van der Waals surface area contributed by atoms with E-state index in [-0.39, 0.29) is 17.5 Å². The molecule has 0 bridgehead atoms. The summed E-state index contributed by atoms with van der Waals surface area (Å²) in [6.07, 6.45) is -3.83. The number of ether oxygens (including phenoxy) is 1. The lowest BCUT2D eigenvalue weighted by Crippen LogP contribution is -2.41. The quantitative estimate of drug-likeness (QED) is 0.259. The van der Waals surface area contributed by atoms with Gasteiger partial charge in [0.2, 0.25) is 10.9 Å². The molecule has 14 nitrogen and oxygen atoms in total. The van der Waals surface area contributed by atoms with Gasteiger partial charge < -0.3 is 34.9 Å². The van der Waals surface area contributed by atoms with Crippen molar-refractivity contribution in [2.24, 2.45) is 0 Å². The number of hydrogen-bond acceptors (Lipinski definition) is 12. The van der Waals surface area contributed by atoms with E-state index in [1.54, 1.807) is 4.90 Å². The van der Waals surface area contributed by atoms with E-state index in [0.29, 0.717) is 34.3 Å². The largest absolute Gasteiger partial charge is 0.421 e. The van der Waals surface area contributed by atoms with Crippen molar-refractivity contribution in [1.29, 1.82) is 0 Å². The van der Waals surface area contributed by atoms with Gasteiger partial charge in [0.05, 0.1) is 18.6 Å². The summed E-state index contributed by atoms with van der Waals surface area (Å²) in [5.74, 6) is -0.235. The molecule has 5 heterocycles. The molecule has 5 rings (SSSR count). The van der Waals surface area contributed by atoms with Crippen molar-refractivity contribution in [2.75, 3.05) is 31.4 Å². The van der Waals surface area contributed by atoms with Crippen LogP contribution in [-0.2, 0) is 16.1 Å². The summed E-state index contributed by atoms with van der Waals surface area (Å²) >= 11 is 6.18. The lowest BCUT2D eigenvalue weighted by molar-refractivity contribution is -0.137. The normalized spacial score (nSPS) is 21.9. The topological polar surface area (TPSA) is 177 Å². The number of aromatic nitrogens is 6. The van der Waals surface area contributed by atoms with Crippen molar-refractivity contribution in [3.8, 4) is 0 Å². The molecule has 4 aromatic rings. The number of rotatable bonds is 6. The Bertz CT molecular complexity index is 1450. The molecule has 0 spiro atoms. The Hall–Kier alpha value is -3.59. The molecule has 1 saturated heterocycles. The number of aliphatic hydroxyl groups is 2. The Labute approximate surface area is 209 Å². The monoisotopic (exact) mass is 517 g/mol. The summed E-state index contributed by atoms with van der Waals surface area (Å²) in [5.41, 5.74) is 3.26. The lowest BCUT2D eigenvalue weighted by atomic mass is 10.1. The number of carbonyl (C=O) groups is 1. The first kappa shape index (κ1) is 24.1. The van der Waals surface area contributed by atoms with E-state index < -0.39 is 30.4 Å². The number of nitrogens with one attached hydrogen (secondary N) is 2. The molecule has 4 N–H and O–H groups in total. The first-order valence-corrected chi connectivity index (χ1v) is 11.4. The molecular weight excluding hydrogens is 494 g/mol. The highest BCUT2D eigenvalue weighted by molar-refractivity contribution is 6.28. The number of aliphatic hydroxyl groups excluding tert-OH is 2. The predicted octanol–water partition coefficient (Wildman–Crippen LogP) is 0.368. The van der Waals surface area contributed by atoms with Crippen LogP contribution in [0.5, 0.6) is 0 Å². The number of likely N-dealkylation sites (N-methyl/N-ethyl adjacent to an activating group) is 1. The van der Waals surface area contributed by atoms with E-state index in [9.17, 15) is 15.0 Å². The maximum Gasteiger partial charge on any atom is 0.299 e. The number of aryl methyl sites for hydroxylation is 1. The fraction of sp³-hybridized carbons (Fsp3) is 0.429. The maximum absolute atomic E-state index is 12.0. The van der Waals surface area contributed by atoms with Crippen molar-refractivity contribution < 1.29 is 24.2 Å². The van der Waals surface area contributed by atoms with Crippen LogP contribution in [0.15, 0.2) is 16.8 Å². The summed E-state index contributed by atoms with van der Waals surface area (Å²) < 4.78 is 12.8. The van der Waals surface area contributed by atoms with Crippen LogP contribution >= 0.6 is 11.6 Å². The Balaban J connectivity index is 1.43. The van der Waals surface area contributed by atoms with E-state index in [4.69, 9.17) is 20.8 Å². The smallest absolute Gasteiger partial charge is 0.299 e. The minimum absolute atomic E-state index is 0.0747. The SMILES string of the molecule is CNC(=O)[C@H]1O[C@@H](n2cnc3c(NCc4cc(C)c5oc(N(C)C)nc5n4)nc(Cl)nc32)[C@H](O)[C@@H]1O. The van der Waals surface area contributed by atoms with Gasteiger partial charge in [-0.25, -0.2) is 9.97 Å². The average Bonchev–Trinajstić information content (AvgIpc) is 3.54. The Morgan fingerprint density at radius 3 is 2.72 bits per heavy atom. The Morgan fingerprint density at radius 2 is 2.00 bits per heavy atom. The van der Waals surface area contributed by atoms with Crippen LogP contribution in [0.25, 0.3) is 22.4 Å². The summed E-state index contributed by atoms with van der Waals surface area (Å²) in [4.78, 5) is 35.5. The molecule has 1 aliphatic rings. The van der Waals surface area contributed by atoms with Crippen molar-refractivity contribution in [1.82, 2.24) is 34.8 Å². The molecule has 4 aromatic heterocycles. The first-order valence-electron chi connectivity index (χ1n) is 11.0. The van der Waals surface area contributed by atoms with Gasteiger partial charge in [0, 0.05) is 21.1 Å². The third-order valence-corrected chi connectivity index (χ3v) is 5.99. The fourth-order valence-electron chi connectivity index (χ4n) is 4.02. The lowest BCUT2D eigenvalue weighted by Gasteiger charge is -2.16. The van der Waals surface area contributed by atoms with E-state index in [1.807, 2.05) is 27.1 Å². The van der Waals surface area contributed by atoms with Crippen LogP contribution in [0.1, 0.15) is 17.5 Å². The second kappa shape index (κ2) is 9.13. The Kier molecular flexibility index (Phi) is 6.12. The number of hydrogen-bond donors (Lipinski definition) is 4. The number of carbonyl (C=O) groups excluding carboxylic acids is 1. The van der Waals surface area contributed by atoms with Crippen LogP contribution in [0, 0.1) is 6.92 Å². The van der Waals surface area contributed by atoms with Crippen molar-refractivity contribution in [2.45, 2.75) is 38.0 Å². The van der Waals surface area contributed by atoms with E-state index in [1.165, 1.54) is 17.9 Å². The third-order valence-electron chi connectivity index (χ3n) is 5.82. The van der Waals surface area contributed by atoms with Gasteiger partial charge in [-0.05, 0) is 30.2 Å². The third kappa shape index (κ3) is 4.07. The van der Waals surface area contributed by atoms with Gasteiger partial charge in [-0.3, -0.25) is 9.36 Å². The van der Waals surface area contributed by atoms with E-state index in [2.05, 4.69) is 35.6 Å².